The van der Waals surface area contributed by atoms with E-state index in [4.69, 9.17) is 0 Å². The molecule has 1 aromatic heterocycles. The highest BCUT2D eigenvalue weighted by molar-refractivity contribution is 6.25. The van der Waals surface area contributed by atoms with Crippen LogP contribution in [0, 0.1) is 0 Å². The highest BCUT2D eigenvalue weighted by atomic mass is 15.2. The van der Waals surface area contributed by atoms with Crippen LogP contribution < -0.4 is 9.80 Å². The van der Waals surface area contributed by atoms with Crippen LogP contribution in [0.3, 0.4) is 0 Å². The van der Waals surface area contributed by atoms with Crippen LogP contribution in [0.2, 0.25) is 0 Å². The number of benzene rings is 12. The molecule has 324 valence electrons. The third-order valence-corrected chi connectivity index (χ3v) is 13.7. The molecule has 3 heteroatoms. The van der Waals surface area contributed by atoms with E-state index in [-0.39, 0.29) is 0 Å². The van der Waals surface area contributed by atoms with Gasteiger partial charge in [0.25, 0.3) is 0 Å². The lowest BCUT2D eigenvalue weighted by atomic mass is 9.92. The molecule has 12 aromatic carbocycles. The van der Waals surface area contributed by atoms with Crippen LogP contribution in [-0.4, -0.2) is 4.57 Å². The number of aromatic nitrogens is 1. The van der Waals surface area contributed by atoms with E-state index in [9.17, 15) is 0 Å². The van der Waals surface area contributed by atoms with Crippen LogP contribution in [0.25, 0.3) is 82.1 Å². The summed E-state index contributed by atoms with van der Waals surface area (Å²) in [5, 5.41) is 10.2. The van der Waals surface area contributed by atoms with E-state index in [1.165, 1.54) is 76.4 Å². The van der Waals surface area contributed by atoms with Crippen LogP contribution >= 0.6 is 0 Å². The molecule has 69 heavy (non-hydrogen) atoms. The van der Waals surface area contributed by atoms with Crippen molar-refractivity contribution in [1.82, 2.24) is 4.57 Å². The van der Waals surface area contributed by atoms with Gasteiger partial charge in [0.15, 0.2) is 0 Å². The summed E-state index contributed by atoms with van der Waals surface area (Å²) in [6.45, 7) is 0. The van der Waals surface area contributed by atoms with Crippen LogP contribution in [-0.2, 0) is 0 Å². The van der Waals surface area contributed by atoms with Crippen molar-refractivity contribution >= 4 is 88.2 Å². The van der Waals surface area contributed by atoms with Crippen LogP contribution in [0.15, 0.2) is 273 Å². The number of anilines is 6. The molecule has 13 rings (SSSR count). The predicted molar refractivity (Wildman–Crippen MR) is 294 cm³/mol. The zero-order chi connectivity index (χ0) is 45.7. The number of fused-ring (bicyclic) bond motifs is 9. The van der Waals surface area contributed by atoms with Crippen molar-refractivity contribution in [3.8, 4) is 27.9 Å². The summed E-state index contributed by atoms with van der Waals surface area (Å²) >= 11 is 0. The van der Waals surface area contributed by atoms with Crippen LogP contribution in [0.1, 0.15) is 0 Å². The molecule has 0 atom stereocenters. The van der Waals surface area contributed by atoms with Crippen molar-refractivity contribution in [3.63, 3.8) is 0 Å². The van der Waals surface area contributed by atoms with Crippen molar-refractivity contribution in [1.29, 1.82) is 0 Å². The lowest BCUT2D eigenvalue weighted by Gasteiger charge is -2.28. The molecular weight excluding hydrogens is 835 g/mol. The monoisotopic (exact) mass is 879 g/mol. The maximum absolute atomic E-state index is 2.37. The molecule has 0 saturated heterocycles. The quantitative estimate of drug-likeness (QED) is 0.134. The number of hydrogen-bond donors (Lipinski definition) is 0. The summed E-state index contributed by atoms with van der Waals surface area (Å²) in [4.78, 5) is 4.67. The zero-order valence-corrected chi connectivity index (χ0v) is 37.8. The highest BCUT2D eigenvalue weighted by Gasteiger charge is 2.18. The standard InChI is InChI=1S/C66H45N3/c1-4-16-50(17-5-1)67(51-18-6-2-7-19-51)55-38-40-56(41-39-55)68(53-34-28-46(29-35-53)48-32-42-61-59-24-11-10-22-57(59)58-23-12-13-25-60(58)63(61)44-48)54-36-30-47(31-37-54)49-33-43-66-64(45-49)62-26-14-15-27-65(62)69(66)52-20-8-3-9-21-52/h1-45H. The molecule has 0 spiro atoms. The lowest BCUT2D eigenvalue weighted by Crippen LogP contribution is -2.12. The van der Waals surface area contributed by atoms with E-state index >= 15 is 0 Å². The van der Waals surface area contributed by atoms with Crippen molar-refractivity contribution in [2.24, 2.45) is 0 Å². The Morgan fingerprint density at radius 2 is 0.522 bits per heavy atom. The molecule has 0 fully saturated rings. The average Bonchev–Trinajstić information content (AvgIpc) is 3.76. The fourth-order valence-corrected chi connectivity index (χ4v) is 10.5. The van der Waals surface area contributed by atoms with E-state index in [0.29, 0.717) is 0 Å². The largest absolute Gasteiger partial charge is 0.311 e. The third kappa shape index (κ3) is 7.08. The Hall–Kier alpha value is -9.18. The summed E-state index contributed by atoms with van der Waals surface area (Å²) in [6, 6.07) is 99.0. The first-order valence-corrected chi connectivity index (χ1v) is 23.7. The molecule has 0 aliphatic rings. The maximum atomic E-state index is 2.37. The minimum atomic E-state index is 1.07. The van der Waals surface area contributed by atoms with Gasteiger partial charge in [0.2, 0.25) is 0 Å². The predicted octanol–water partition coefficient (Wildman–Crippen LogP) is 18.5. The minimum Gasteiger partial charge on any atom is -0.311 e. The second kappa shape index (κ2) is 16.9. The summed E-state index contributed by atoms with van der Waals surface area (Å²) < 4.78 is 2.37. The molecule has 3 nitrogen and oxygen atoms in total. The molecular formula is C66H45N3. The summed E-state index contributed by atoms with van der Waals surface area (Å²) in [5.41, 5.74) is 14.8. The molecule has 0 radical (unpaired) electrons. The molecule has 1 heterocycles. The van der Waals surface area contributed by atoms with Crippen molar-refractivity contribution in [2.45, 2.75) is 0 Å². The number of nitrogens with zero attached hydrogens (tertiary/aromatic N) is 3. The van der Waals surface area contributed by atoms with Gasteiger partial charge in [0.05, 0.1) is 11.0 Å². The first-order valence-electron chi connectivity index (χ1n) is 23.7. The van der Waals surface area contributed by atoms with Gasteiger partial charge in [-0.25, -0.2) is 0 Å². The zero-order valence-electron chi connectivity index (χ0n) is 37.8. The topological polar surface area (TPSA) is 11.4 Å². The summed E-state index contributed by atoms with van der Waals surface area (Å²) in [7, 11) is 0. The van der Waals surface area contributed by atoms with E-state index in [0.717, 1.165) is 39.8 Å². The average molecular weight is 880 g/mol. The smallest absolute Gasteiger partial charge is 0.0541 e. The molecule has 0 aliphatic heterocycles. The van der Waals surface area contributed by atoms with Gasteiger partial charge in [-0.3, -0.25) is 0 Å². The van der Waals surface area contributed by atoms with Gasteiger partial charge >= 0.3 is 0 Å². The Bertz CT molecular complexity index is 3900. The van der Waals surface area contributed by atoms with Crippen LogP contribution in [0.4, 0.5) is 34.1 Å². The van der Waals surface area contributed by atoms with Crippen LogP contribution in [0.5, 0.6) is 0 Å². The minimum absolute atomic E-state index is 1.07. The molecule has 0 saturated carbocycles. The molecule has 13 aromatic rings. The second-order valence-corrected chi connectivity index (χ2v) is 17.7. The van der Waals surface area contributed by atoms with Gasteiger partial charge < -0.3 is 14.4 Å². The molecule has 0 bridgehead atoms. The van der Waals surface area contributed by atoms with Gasteiger partial charge in [-0.1, -0.05) is 164 Å². The van der Waals surface area contributed by atoms with Gasteiger partial charge in [-0.2, -0.15) is 0 Å². The summed E-state index contributed by atoms with van der Waals surface area (Å²) in [6.07, 6.45) is 0. The molecule has 0 unspecified atom stereocenters. The fraction of sp³-hybridized carbons (Fsp3) is 0. The highest BCUT2D eigenvalue weighted by Crippen LogP contribution is 2.42. The Labute approximate surface area is 401 Å². The summed E-state index contributed by atoms with van der Waals surface area (Å²) in [5.74, 6) is 0. The van der Waals surface area contributed by atoms with E-state index in [2.05, 4.69) is 287 Å². The van der Waals surface area contributed by atoms with Gasteiger partial charge in [-0.15, -0.1) is 0 Å². The first-order chi connectivity index (χ1) is 34.2. The second-order valence-electron chi connectivity index (χ2n) is 17.7. The Morgan fingerprint density at radius 3 is 1.01 bits per heavy atom. The fourth-order valence-electron chi connectivity index (χ4n) is 10.5. The normalized spacial score (nSPS) is 11.5. The molecule has 0 aliphatic carbocycles. The van der Waals surface area contributed by atoms with Crippen molar-refractivity contribution in [3.05, 3.63) is 273 Å². The number of hydrogen-bond acceptors (Lipinski definition) is 2. The third-order valence-electron chi connectivity index (χ3n) is 13.7. The number of para-hydroxylation sites is 4. The SMILES string of the molecule is c1ccc(N(c2ccccc2)c2ccc(N(c3ccc(-c4ccc5c6ccccc6c6ccccc6c5c4)cc3)c3ccc(-c4ccc5c(c4)c4ccccc4n5-c4ccccc4)cc3)cc2)cc1. The lowest BCUT2D eigenvalue weighted by molar-refractivity contribution is 1.18. The molecule has 0 N–H and O–H groups in total. The van der Waals surface area contributed by atoms with Gasteiger partial charge in [0, 0.05) is 50.6 Å². The Morgan fingerprint density at radius 1 is 0.203 bits per heavy atom. The van der Waals surface area contributed by atoms with Gasteiger partial charge in [0.1, 0.15) is 0 Å². The van der Waals surface area contributed by atoms with E-state index in [1.807, 2.05) is 0 Å². The maximum Gasteiger partial charge on any atom is 0.0541 e. The Kier molecular flexibility index (Phi) is 9.84. The van der Waals surface area contributed by atoms with E-state index in [1.54, 1.807) is 0 Å². The number of rotatable bonds is 9. The Balaban J connectivity index is 0.897. The molecule has 0 amide bonds. The van der Waals surface area contributed by atoms with Crippen molar-refractivity contribution < 1.29 is 0 Å². The van der Waals surface area contributed by atoms with Crippen molar-refractivity contribution in [2.75, 3.05) is 9.80 Å². The first kappa shape index (κ1) is 40.1. The van der Waals surface area contributed by atoms with Gasteiger partial charge in [-0.05, 0) is 164 Å². The van der Waals surface area contributed by atoms with E-state index < -0.39 is 0 Å².